The number of carbonyl (C=O) groups is 1. The summed E-state index contributed by atoms with van der Waals surface area (Å²) in [6.45, 7) is 1.53. The van der Waals surface area contributed by atoms with Crippen molar-refractivity contribution in [3.8, 4) is 12.1 Å². The predicted molar refractivity (Wildman–Crippen MR) is 34.6 cm³/mol. The highest BCUT2D eigenvalue weighted by Gasteiger charge is 2.21. The van der Waals surface area contributed by atoms with E-state index in [1.165, 1.54) is 6.92 Å². The van der Waals surface area contributed by atoms with Crippen molar-refractivity contribution in [1.82, 2.24) is 0 Å². The first-order chi connectivity index (χ1) is 4.68. The first-order valence-electron chi connectivity index (χ1n) is 2.93. The van der Waals surface area contributed by atoms with Crippen molar-refractivity contribution in [3.05, 3.63) is 0 Å². The quantitative estimate of drug-likeness (QED) is 0.544. The Labute approximate surface area is 59.9 Å². The van der Waals surface area contributed by atoms with Gasteiger partial charge in [-0.2, -0.15) is 10.5 Å². The zero-order chi connectivity index (χ0) is 8.04. The average Bonchev–Trinajstić information content (AvgIpc) is 2.00. The van der Waals surface area contributed by atoms with E-state index in [4.69, 9.17) is 10.5 Å². The van der Waals surface area contributed by atoms with E-state index in [2.05, 4.69) is 0 Å². The van der Waals surface area contributed by atoms with Crippen LogP contribution in [0.1, 0.15) is 19.8 Å². The van der Waals surface area contributed by atoms with Gasteiger partial charge in [-0.1, -0.05) is 0 Å². The molecular formula is C7H8N2O. The maximum absolute atomic E-state index is 10.2. The van der Waals surface area contributed by atoms with Gasteiger partial charge in [-0.15, -0.1) is 0 Å². The van der Waals surface area contributed by atoms with Crippen LogP contribution < -0.4 is 0 Å². The highest BCUT2D eigenvalue weighted by Crippen LogP contribution is 2.17. The first kappa shape index (κ1) is 8.65. The van der Waals surface area contributed by atoms with Gasteiger partial charge in [-0.05, 0) is 13.3 Å². The summed E-state index contributed by atoms with van der Waals surface area (Å²) in [5, 5.41) is 16.6. The molecule has 0 aromatic rings. The van der Waals surface area contributed by atoms with Crippen LogP contribution in [0.4, 0.5) is 0 Å². The van der Waals surface area contributed by atoms with Crippen LogP contribution in [0.2, 0.25) is 0 Å². The molecule has 0 amide bonds. The zero-order valence-corrected chi connectivity index (χ0v) is 5.79. The molecule has 0 N–H and O–H groups in total. The van der Waals surface area contributed by atoms with E-state index in [1.54, 1.807) is 0 Å². The minimum atomic E-state index is -0.963. The third-order valence-electron chi connectivity index (χ3n) is 1.27. The third-order valence-corrected chi connectivity index (χ3v) is 1.27. The minimum absolute atomic E-state index is 0.253. The third kappa shape index (κ3) is 2.28. The Morgan fingerprint density at radius 2 is 2.20 bits per heavy atom. The summed E-state index contributed by atoms with van der Waals surface area (Å²) in [6.07, 6.45) is 1.16. The summed E-state index contributed by atoms with van der Waals surface area (Å²) in [5.41, 5.74) is -0.963. The van der Waals surface area contributed by atoms with Gasteiger partial charge in [0.1, 0.15) is 11.7 Å². The number of rotatable bonds is 3. The molecule has 0 spiro atoms. The minimum Gasteiger partial charge on any atom is -0.302 e. The lowest BCUT2D eigenvalue weighted by atomic mass is 9.89. The van der Waals surface area contributed by atoms with Crippen molar-refractivity contribution in [2.24, 2.45) is 5.41 Å². The predicted octanol–water partition coefficient (Wildman–Crippen LogP) is 1.02. The van der Waals surface area contributed by atoms with Crippen molar-refractivity contribution in [1.29, 1.82) is 10.5 Å². The Hall–Kier alpha value is -1.35. The van der Waals surface area contributed by atoms with Crippen molar-refractivity contribution >= 4 is 6.29 Å². The Balaban J connectivity index is 4.00. The van der Waals surface area contributed by atoms with Gasteiger partial charge in [0.05, 0.1) is 12.1 Å². The number of nitriles is 2. The summed E-state index contributed by atoms with van der Waals surface area (Å²) in [4.78, 5) is 10.2. The Bertz CT molecular complexity index is 199. The molecule has 0 aromatic heterocycles. The lowest BCUT2D eigenvalue weighted by Crippen LogP contribution is -2.14. The topological polar surface area (TPSA) is 64.7 Å². The van der Waals surface area contributed by atoms with Gasteiger partial charge in [-0.3, -0.25) is 0 Å². The Morgan fingerprint density at radius 3 is 2.50 bits per heavy atom. The van der Waals surface area contributed by atoms with Gasteiger partial charge in [-0.25, -0.2) is 0 Å². The summed E-state index contributed by atoms with van der Waals surface area (Å²) in [6, 6.07) is 3.73. The van der Waals surface area contributed by atoms with Crippen LogP contribution in [0.15, 0.2) is 0 Å². The van der Waals surface area contributed by atoms with Gasteiger partial charge < -0.3 is 4.79 Å². The molecule has 0 saturated carbocycles. The maximum atomic E-state index is 10.2. The summed E-state index contributed by atoms with van der Waals surface area (Å²) >= 11 is 0. The van der Waals surface area contributed by atoms with E-state index in [-0.39, 0.29) is 6.42 Å². The lowest BCUT2D eigenvalue weighted by Gasteiger charge is -2.08. The van der Waals surface area contributed by atoms with Gasteiger partial charge in [0.25, 0.3) is 0 Å². The number of nitrogens with zero attached hydrogens (tertiary/aromatic N) is 2. The molecular weight excluding hydrogens is 128 g/mol. The van der Waals surface area contributed by atoms with Crippen molar-refractivity contribution in [2.45, 2.75) is 19.8 Å². The molecule has 0 aliphatic rings. The van der Waals surface area contributed by atoms with Gasteiger partial charge in [0.15, 0.2) is 0 Å². The van der Waals surface area contributed by atoms with Crippen LogP contribution in [0.5, 0.6) is 0 Å². The standard InChI is InChI=1S/C7H8N2O/c1-7(5-9,6-10)3-2-4-8/h6H,2-3H2,1H3. The molecule has 0 aliphatic carbocycles. The molecule has 0 rings (SSSR count). The molecule has 0 fully saturated rings. The highest BCUT2D eigenvalue weighted by atomic mass is 16.1. The van der Waals surface area contributed by atoms with E-state index >= 15 is 0 Å². The van der Waals surface area contributed by atoms with Crippen LogP contribution in [-0.2, 0) is 4.79 Å². The molecule has 0 aromatic carbocycles. The van der Waals surface area contributed by atoms with Gasteiger partial charge in [0, 0.05) is 6.42 Å². The fourth-order valence-electron chi connectivity index (χ4n) is 0.457. The normalized spacial score (nSPS) is 14.3. The van der Waals surface area contributed by atoms with Crippen LogP contribution >= 0.6 is 0 Å². The molecule has 3 heteroatoms. The van der Waals surface area contributed by atoms with Gasteiger partial charge >= 0.3 is 0 Å². The molecule has 0 aliphatic heterocycles. The zero-order valence-electron chi connectivity index (χ0n) is 5.79. The summed E-state index contributed by atoms with van der Waals surface area (Å²) < 4.78 is 0. The van der Waals surface area contributed by atoms with Crippen LogP contribution in [0.3, 0.4) is 0 Å². The lowest BCUT2D eigenvalue weighted by molar-refractivity contribution is -0.113. The van der Waals surface area contributed by atoms with Crippen molar-refractivity contribution < 1.29 is 4.79 Å². The molecule has 0 heterocycles. The molecule has 3 nitrogen and oxygen atoms in total. The van der Waals surface area contributed by atoms with Crippen molar-refractivity contribution in [2.75, 3.05) is 0 Å². The number of hydrogen-bond donors (Lipinski definition) is 0. The van der Waals surface area contributed by atoms with Crippen molar-refractivity contribution in [3.63, 3.8) is 0 Å². The van der Waals surface area contributed by atoms with Crippen LogP contribution in [0, 0.1) is 28.1 Å². The second-order valence-electron chi connectivity index (χ2n) is 2.31. The van der Waals surface area contributed by atoms with E-state index < -0.39 is 5.41 Å². The van der Waals surface area contributed by atoms with Gasteiger partial charge in [0.2, 0.25) is 0 Å². The Kier molecular flexibility index (Phi) is 3.14. The number of hydrogen-bond acceptors (Lipinski definition) is 3. The van der Waals surface area contributed by atoms with E-state index in [9.17, 15) is 4.79 Å². The molecule has 1 atom stereocenters. The molecule has 0 saturated heterocycles. The van der Waals surface area contributed by atoms with Crippen LogP contribution in [0.25, 0.3) is 0 Å². The van der Waals surface area contributed by atoms with E-state index in [1.807, 2.05) is 12.1 Å². The summed E-state index contributed by atoms with van der Waals surface area (Å²) in [5.74, 6) is 0. The second-order valence-corrected chi connectivity index (χ2v) is 2.31. The smallest absolute Gasteiger partial charge is 0.139 e. The molecule has 1 unspecified atom stereocenters. The van der Waals surface area contributed by atoms with E-state index in [0.717, 1.165) is 0 Å². The molecule has 0 bridgehead atoms. The molecule has 52 valence electrons. The SMILES string of the molecule is CC(C#N)(C=O)CCC#N. The first-order valence-corrected chi connectivity index (χ1v) is 2.93. The monoisotopic (exact) mass is 136 g/mol. The highest BCUT2D eigenvalue weighted by molar-refractivity contribution is 5.63. The number of carbonyl (C=O) groups excluding carboxylic acids is 1. The number of aldehydes is 1. The largest absolute Gasteiger partial charge is 0.302 e. The fraction of sp³-hybridized carbons (Fsp3) is 0.571. The van der Waals surface area contributed by atoms with E-state index in [0.29, 0.717) is 12.7 Å². The van der Waals surface area contributed by atoms with Crippen LogP contribution in [-0.4, -0.2) is 6.29 Å². The fourth-order valence-corrected chi connectivity index (χ4v) is 0.457. The average molecular weight is 136 g/mol. The second kappa shape index (κ2) is 3.63. The molecule has 0 radical (unpaired) electrons. The maximum Gasteiger partial charge on any atom is 0.139 e. The molecule has 10 heavy (non-hydrogen) atoms. The summed E-state index contributed by atoms with van der Waals surface area (Å²) in [7, 11) is 0. The Morgan fingerprint density at radius 1 is 1.60 bits per heavy atom.